The van der Waals surface area contributed by atoms with E-state index in [2.05, 4.69) is 62.5 Å². The first-order valence-electron chi connectivity index (χ1n) is 24.1. The van der Waals surface area contributed by atoms with Crippen molar-refractivity contribution < 1.29 is 63.1 Å². The highest BCUT2D eigenvalue weighted by Crippen LogP contribution is 2.47. The van der Waals surface area contributed by atoms with Crippen molar-refractivity contribution in [1.82, 2.24) is 0 Å². The van der Waals surface area contributed by atoms with Crippen LogP contribution in [0.1, 0.15) is 181 Å². The number of allylic oxidation sites excluding steroid dienone is 10. The van der Waals surface area contributed by atoms with Crippen LogP contribution in [0.2, 0.25) is 0 Å². The number of esters is 2. The molecule has 63 heavy (non-hydrogen) atoms. The Morgan fingerprint density at radius 3 is 1.38 bits per heavy atom. The van der Waals surface area contributed by atoms with Gasteiger partial charge in [-0.2, -0.15) is 0 Å². The maximum atomic E-state index is 12.8. The quantitative estimate of drug-likeness (QED) is 0.0147. The van der Waals surface area contributed by atoms with Gasteiger partial charge in [0.05, 0.1) is 6.61 Å². The summed E-state index contributed by atoms with van der Waals surface area (Å²) < 4.78 is 33.5. The van der Waals surface area contributed by atoms with Crippen molar-refractivity contribution in [2.45, 2.75) is 224 Å². The average molecular weight is 913 g/mol. The van der Waals surface area contributed by atoms with Crippen LogP contribution in [0.3, 0.4) is 0 Å². The highest BCUT2D eigenvalue weighted by atomic mass is 31.2. The molecule has 13 nitrogen and oxygen atoms in total. The summed E-state index contributed by atoms with van der Waals surface area (Å²) in [5.74, 6) is -1.17. The third-order valence-electron chi connectivity index (χ3n) is 10.8. The Kier molecular flexibility index (Phi) is 36.1. The highest BCUT2D eigenvalue weighted by Gasteiger charge is 2.51. The van der Waals surface area contributed by atoms with E-state index in [1.807, 2.05) is 12.2 Å². The summed E-state index contributed by atoms with van der Waals surface area (Å²) in [5, 5.41) is 50.2. The van der Waals surface area contributed by atoms with Gasteiger partial charge in [-0.1, -0.05) is 152 Å². The second-order valence-corrected chi connectivity index (χ2v) is 18.0. The van der Waals surface area contributed by atoms with Crippen LogP contribution in [-0.2, 0) is 32.7 Å². The molecule has 0 bridgehead atoms. The van der Waals surface area contributed by atoms with E-state index < -0.39 is 75.7 Å². The molecule has 0 aromatic carbocycles. The fraction of sp³-hybridized carbons (Fsp3) is 0.755. The van der Waals surface area contributed by atoms with Crippen LogP contribution in [0.25, 0.3) is 0 Å². The van der Waals surface area contributed by atoms with Gasteiger partial charge in [0.15, 0.2) is 6.10 Å². The minimum Gasteiger partial charge on any atom is -0.462 e. The standard InChI is InChI=1S/C49H85O13P/c1-3-5-7-9-11-13-15-17-19-21-23-25-27-29-31-33-35-37-42(50)59-39-41(40-60-63(57,58)62-49-47(55)45(53)44(52)46(54)48(49)56)61-43(51)38-36-34-32-30-28-26-24-22-20-18-16-14-12-10-8-6-4-2/h11,13,17-20,24,26,30,32,41,44-49,52-56H,3-10,12,14-16,21-23,25,27-29,31,33-40H2,1-2H3,(H,57,58)/b13-11+,19-17+,20-18+,26-24+,32-30+/t41-,44?,45-,46?,47?,48?,49?/m0/s1. The molecule has 6 N–H and O–H groups in total. The summed E-state index contributed by atoms with van der Waals surface area (Å²) in [7, 11) is -5.14. The van der Waals surface area contributed by atoms with Gasteiger partial charge in [0.25, 0.3) is 0 Å². The molecule has 364 valence electrons. The van der Waals surface area contributed by atoms with Crippen molar-refractivity contribution in [2.24, 2.45) is 0 Å². The van der Waals surface area contributed by atoms with Crippen molar-refractivity contribution in [2.75, 3.05) is 13.2 Å². The maximum Gasteiger partial charge on any atom is 0.472 e. The summed E-state index contributed by atoms with van der Waals surface area (Å²) >= 11 is 0. The lowest BCUT2D eigenvalue weighted by Gasteiger charge is -2.41. The zero-order valence-corrected chi connectivity index (χ0v) is 39.5. The number of phosphoric acid groups is 1. The Labute approximate surface area is 379 Å². The lowest BCUT2D eigenvalue weighted by atomic mass is 9.85. The van der Waals surface area contributed by atoms with E-state index in [9.17, 15) is 44.6 Å². The highest BCUT2D eigenvalue weighted by molar-refractivity contribution is 7.47. The Morgan fingerprint density at radius 1 is 0.492 bits per heavy atom. The fourth-order valence-electron chi connectivity index (χ4n) is 6.92. The number of hydrogen-bond acceptors (Lipinski definition) is 12. The van der Waals surface area contributed by atoms with Crippen LogP contribution in [-0.4, -0.2) is 98.3 Å². The summed E-state index contributed by atoms with van der Waals surface area (Å²) in [4.78, 5) is 35.7. The van der Waals surface area contributed by atoms with E-state index in [0.29, 0.717) is 19.3 Å². The first-order chi connectivity index (χ1) is 30.4. The molecule has 0 aromatic rings. The fourth-order valence-corrected chi connectivity index (χ4v) is 7.89. The lowest BCUT2D eigenvalue weighted by molar-refractivity contribution is -0.220. The molecule has 0 heterocycles. The van der Waals surface area contributed by atoms with Crippen molar-refractivity contribution in [1.29, 1.82) is 0 Å². The van der Waals surface area contributed by atoms with Crippen LogP contribution in [0.15, 0.2) is 60.8 Å². The smallest absolute Gasteiger partial charge is 0.462 e. The average Bonchev–Trinajstić information content (AvgIpc) is 3.26. The molecule has 0 amide bonds. The number of phosphoric ester groups is 1. The zero-order valence-electron chi connectivity index (χ0n) is 38.6. The first kappa shape index (κ1) is 58.6. The van der Waals surface area contributed by atoms with E-state index in [4.69, 9.17) is 18.5 Å². The lowest BCUT2D eigenvalue weighted by Crippen LogP contribution is -2.64. The van der Waals surface area contributed by atoms with Crippen LogP contribution < -0.4 is 0 Å². The SMILES string of the molecule is CCCCC/C=C/C/C=C/CCCCCCCCCC(=O)OC[C@@H](COP(=O)(O)OC1C(O)C(O)C(O)[C@H](O)C1O)OC(=O)CCC/C=C/C/C=C/C/C=C/CCCCCCCC. The second-order valence-electron chi connectivity index (χ2n) is 16.6. The molecule has 0 spiro atoms. The Bertz CT molecular complexity index is 1330. The molecule has 8 atom stereocenters. The number of carbonyl (C=O) groups is 2. The number of ether oxygens (including phenoxy) is 2. The molecule has 0 aliphatic heterocycles. The Morgan fingerprint density at radius 2 is 0.873 bits per heavy atom. The third-order valence-corrected chi connectivity index (χ3v) is 11.8. The van der Waals surface area contributed by atoms with Crippen molar-refractivity contribution in [3.05, 3.63) is 60.8 Å². The van der Waals surface area contributed by atoms with Gasteiger partial charge in [-0.3, -0.25) is 18.6 Å². The van der Waals surface area contributed by atoms with Gasteiger partial charge in [0.1, 0.15) is 43.2 Å². The number of unbranched alkanes of at least 4 members (excludes halogenated alkanes) is 17. The van der Waals surface area contributed by atoms with Gasteiger partial charge in [0, 0.05) is 12.8 Å². The molecule has 0 saturated heterocycles. The predicted octanol–water partition coefficient (Wildman–Crippen LogP) is 9.73. The monoisotopic (exact) mass is 913 g/mol. The summed E-state index contributed by atoms with van der Waals surface area (Å²) in [6.45, 7) is 3.22. The molecule has 1 saturated carbocycles. The second kappa shape index (κ2) is 38.8. The summed E-state index contributed by atoms with van der Waals surface area (Å²) in [6, 6.07) is 0. The molecule has 1 aliphatic rings. The summed E-state index contributed by atoms with van der Waals surface area (Å²) in [6.07, 6.45) is 34.2. The van der Waals surface area contributed by atoms with Crippen molar-refractivity contribution in [3.63, 3.8) is 0 Å². The Balaban J connectivity index is 2.49. The number of hydrogen-bond donors (Lipinski definition) is 6. The number of rotatable bonds is 39. The molecule has 6 unspecified atom stereocenters. The minimum absolute atomic E-state index is 0.0213. The molecule has 0 radical (unpaired) electrons. The number of carbonyl (C=O) groups excluding carboxylic acids is 2. The van der Waals surface area contributed by atoms with Gasteiger partial charge in [-0.05, 0) is 77.0 Å². The minimum atomic E-state index is -5.14. The van der Waals surface area contributed by atoms with Crippen LogP contribution in [0.4, 0.5) is 0 Å². The third kappa shape index (κ3) is 31.2. The largest absolute Gasteiger partial charge is 0.472 e. The number of aliphatic hydroxyl groups is 5. The normalized spacial score (nSPS) is 22.2. The molecule has 0 aromatic heterocycles. The topological polar surface area (TPSA) is 210 Å². The van der Waals surface area contributed by atoms with Crippen LogP contribution in [0, 0.1) is 0 Å². The number of aliphatic hydroxyl groups excluding tert-OH is 5. The van der Waals surface area contributed by atoms with E-state index in [1.54, 1.807) is 0 Å². The van der Waals surface area contributed by atoms with E-state index in [-0.39, 0.29) is 12.8 Å². The maximum absolute atomic E-state index is 12.8. The molecule has 1 aliphatic carbocycles. The van der Waals surface area contributed by atoms with Gasteiger partial charge in [0.2, 0.25) is 0 Å². The van der Waals surface area contributed by atoms with Crippen molar-refractivity contribution >= 4 is 19.8 Å². The first-order valence-corrected chi connectivity index (χ1v) is 25.6. The van der Waals surface area contributed by atoms with Crippen LogP contribution in [0.5, 0.6) is 0 Å². The van der Waals surface area contributed by atoms with Crippen molar-refractivity contribution in [3.8, 4) is 0 Å². The molecule has 14 heteroatoms. The van der Waals surface area contributed by atoms with Gasteiger partial charge in [-0.15, -0.1) is 0 Å². The predicted molar refractivity (Wildman–Crippen MR) is 249 cm³/mol. The molecular weight excluding hydrogens is 827 g/mol. The van der Waals surface area contributed by atoms with E-state index in [0.717, 1.165) is 77.0 Å². The van der Waals surface area contributed by atoms with Gasteiger partial charge in [-0.25, -0.2) is 4.57 Å². The molecule has 1 fully saturated rings. The van der Waals surface area contributed by atoms with Gasteiger partial charge < -0.3 is 39.9 Å². The zero-order chi connectivity index (χ0) is 46.4. The van der Waals surface area contributed by atoms with E-state index >= 15 is 0 Å². The summed E-state index contributed by atoms with van der Waals surface area (Å²) in [5.41, 5.74) is 0. The molecule has 1 rings (SSSR count). The van der Waals surface area contributed by atoms with Crippen LogP contribution >= 0.6 is 7.82 Å². The van der Waals surface area contributed by atoms with E-state index in [1.165, 1.54) is 57.8 Å². The van der Waals surface area contributed by atoms with Gasteiger partial charge >= 0.3 is 19.8 Å². The Hall–Kier alpha value is -2.45. The molecular formula is C49H85O13P.